The number of rotatable bonds is 2. The molecule has 0 bridgehead atoms. The van der Waals surface area contributed by atoms with E-state index >= 15 is 0 Å². The lowest BCUT2D eigenvalue weighted by molar-refractivity contribution is -0.135. The first-order valence-electron chi connectivity index (χ1n) is 6.39. The van der Waals surface area contributed by atoms with Crippen molar-refractivity contribution in [3.8, 4) is 0 Å². The van der Waals surface area contributed by atoms with Crippen molar-refractivity contribution in [1.82, 2.24) is 9.80 Å². The third kappa shape index (κ3) is 6.80. The summed E-state index contributed by atoms with van der Waals surface area (Å²) in [4.78, 5) is 15.0. The molecule has 0 aromatic carbocycles. The van der Waals surface area contributed by atoms with E-state index in [1.54, 1.807) is 4.90 Å². The van der Waals surface area contributed by atoms with E-state index in [9.17, 15) is 4.79 Å². The number of nitrogens with zero attached hydrogens (tertiary/aromatic N) is 2. The van der Waals surface area contributed by atoms with Crippen molar-refractivity contribution in [2.75, 3.05) is 39.3 Å². The van der Waals surface area contributed by atoms with E-state index in [-0.39, 0.29) is 12.5 Å². The Bertz CT molecular complexity index is 155. The predicted molar refractivity (Wildman–Crippen MR) is 68.5 cm³/mol. The highest BCUT2D eigenvalue weighted by molar-refractivity contribution is 5.77. The topological polar surface area (TPSA) is 43.8 Å². The fraction of sp³-hybridized carbons (Fsp3) is 0.917. The van der Waals surface area contributed by atoms with Gasteiger partial charge in [0.1, 0.15) is 6.61 Å². The molecular weight excluding hydrogens is 204 g/mol. The number of likely N-dealkylation sites (N-methyl/N-ethyl adjacent to an activating group) is 1. The molecule has 1 amide bonds. The Balaban J connectivity index is 0. The van der Waals surface area contributed by atoms with E-state index < -0.39 is 0 Å². The van der Waals surface area contributed by atoms with Crippen LogP contribution in [-0.2, 0) is 4.79 Å². The van der Waals surface area contributed by atoms with Gasteiger partial charge in [0.2, 0.25) is 5.91 Å². The minimum atomic E-state index is -0.355. The molecule has 0 saturated carbocycles. The number of carbonyl (C=O) groups is 1. The lowest BCUT2D eigenvalue weighted by Gasteiger charge is -2.33. The summed E-state index contributed by atoms with van der Waals surface area (Å²) >= 11 is 0. The van der Waals surface area contributed by atoms with Gasteiger partial charge >= 0.3 is 0 Å². The van der Waals surface area contributed by atoms with Crippen molar-refractivity contribution in [1.29, 1.82) is 0 Å². The lowest BCUT2D eigenvalue weighted by Crippen LogP contribution is -2.49. The zero-order valence-corrected chi connectivity index (χ0v) is 11.5. The van der Waals surface area contributed by atoms with E-state index in [2.05, 4.69) is 11.8 Å². The van der Waals surface area contributed by atoms with Crippen molar-refractivity contribution in [3.05, 3.63) is 0 Å². The van der Waals surface area contributed by atoms with Gasteiger partial charge in [0, 0.05) is 26.2 Å². The van der Waals surface area contributed by atoms with Gasteiger partial charge in [-0.05, 0) is 6.54 Å². The molecule has 0 unspecified atom stereocenters. The molecule has 0 aromatic heterocycles. The molecule has 1 aliphatic heterocycles. The van der Waals surface area contributed by atoms with E-state index in [0.717, 1.165) is 32.7 Å². The van der Waals surface area contributed by atoms with Gasteiger partial charge in [-0.15, -0.1) is 0 Å². The number of hydrogen-bond acceptors (Lipinski definition) is 3. The molecule has 0 radical (unpaired) electrons. The molecule has 4 nitrogen and oxygen atoms in total. The fourth-order valence-corrected chi connectivity index (χ4v) is 1.41. The minimum Gasteiger partial charge on any atom is -0.387 e. The monoisotopic (exact) mass is 232 g/mol. The molecule has 0 aliphatic carbocycles. The first kappa shape index (κ1) is 17.8. The number of hydrogen-bond donors (Lipinski definition) is 1. The Morgan fingerprint density at radius 3 is 1.81 bits per heavy atom. The molecule has 0 spiro atoms. The van der Waals surface area contributed by atoms with Gasteiger partial charge in [0.05, 0.1) is 0 Å². The SMILES string of the molecule is CC.CC.CCN1CCN(C(=O)CO)CC1. The Morgan fingerprint density at radius 2 is 1.50 bits per heavy atom. The lowest BCUT2D eigenvalue weighted by atomic mass is 10.3. The Kier molecular flexibility index (Phi) is 13.8. The van der Waals surface area contributed by atoms with Crippen LogP contribution >= 0.6 is 0 Å². The molecule has 0 atom stereocenters. The van der Waals surface area contributed by atoms with Gasteiger partial charge in [0.15, 0.2) is 0 Å². The van der Waals surface area contributed by atoms with Crippen molar-refractivity contribution in [2.24, 2.45) is 0 Å². The predicted octanol–water partition coefficient (Wildman–Crippen LogP) is 1.20. The standard InChI is InChI=1S/C8H16N2O2.2C2H6/c1-2-9-3-5-10(6-4-9)8(12)7-11;2*1-2/h11H,2-7H2,1H3;2*1-2H3. The molecule has 1 fully saturated rings. The highest BCUT2D eigenvalue weighted by atomic mass is 16.3. The number of piperazine rings is 1. The van der Waals surface area contributed by atoms with Crippen molar-refractivity contribution < 1.29 is 9.90 Å². The summed E-state index contributed by atoms with van der Waals surface area (Å²) < 4.78 is 0. The maximum Gasteiger partial charge on any atom is 0.248 e. The van der Waals surface area contributed by atoms with Gasteiger partial charge < -0.3 is 14.9 Å². The third-order valence-corrected chi connectivity index (χ3v) is 2.31. The van der Waals surface area contributed by atoms with Crippen LogP contribution in [0.5, 0.6) is 0 Å². The van der Waals surface area contributed by atoms with Crippen molar-refractivity contribution >= 4 is 5.91 Å². The summed E-state index contributed by atoms with van der Waals surface area (Å²) in [6.45, 7) is 14.2. The Morgan fingerprint density at radius 1 is 1.06 bits per heavy atom. The summed E-state index contributed by atoms with van der Waals surface area (Å²) in [6, 6.07) is 0. The highest BCUT2D eigenvalue weighted by Gasteiger charge is 2.18. The second-order valence-electron chi connectivity index (χ2n) is 2.97. The van der Waals surface area contributed by atoms with Crippen LogP contribution in [0.4, 0.5) is 0 Å². The second-order valence-corrected chi connectivity index (χ2v) is 2.97. The van der Waals surface area contributed by atoms with Gasteiger partial charge in [0.25, 0.3) is 0 Å². The summed E-state index contributed by atoms with van der Waals surface area (Å²) in [5.41, 5.74) is 0. The molecule has 1 heterocycles. The smallest absolute Gasteiger partial charge is 0.248 e. The van der Waals surface area contributed by atoms with E-state index in [1.165, 1.54) is 0 Å². The average molecular weight is 232 g/mol. The Labute approximate surface area is 100 Å². The molecule has 0 aromatic rings. The number of amides is 1. The fourth-order valence-electron chi connectivity index (χ4n) is 1.41. The van der Waals surface area contributed by atoms with Crippen LogP contribution < -0.4 is 0 Å². The van der Waals surface area contributed by atoms with Crippen LogP contribution in [0.25, 0.3) is 0 Å². The van der Waals surface area contributed by atoms with Gasteiger partial charge in [-0.25, -0.2) is 0 Å². The van der Waals surface area contributed by atoms with Gasteiger partial charge in [-0.3, -0.25) is 4.79 Å². The van der Waals surface area contributed by atoms with E-state index in [0.29, 0.717) is 0 Å². The average Bonchev–Trinajstić information content (AvgIpc) is 2.42. The molecular formula is C12H28N2O2. The van der Waals surface area contributed by atoms with Crippen LogP contribution in [0, 0.1) is 0 Å². The first-order valence-corrected chi connectivity index (χ1v) is 6.39. The van der Waals surface area contributed by atoms with Crippen molar-refractivity contribution in [2.45, 2.75) is 34.6 Å². The molecule has 4 heteroatoms. The minimum absolute atomic E-state index is 0.147. The quantitative estimate of drug-likeness (QED) is 0.778. The largest absolute Gasteiger partial charge is 0.387 e. The van der Waals surface area contributed by atoms with Crippen LogP contribution in [0.15, 0.2) is 0 Å². The maximum atomic E-state index is 11.0. The first-order chi connectivity index (χ1) is 7.77. The molecule has 1 saturated heterocycles. The van der Waals surface area contributed by atoms with E-state index in [4.69, 9.17) is 5.11 Å². The number of aliphatic hydroxyl groups excluding tert-OH is 1. The molecule has 1 aliphatic rings. The molecule has 16 heavy (non-hydrogen) atoms. The summed E-state index contributed by atoms with van der Waals surface area (Å²) in [5.74, 6) is -0.147. The highest BCUT2D eigenvalue weighted by Crippen LogP contribution is 2.00. The van der Waals surface area contributed by atoms with Crippen LogP contribution in [0.2, 0.25) is 0 Å². The van der Waals surface area contributed by atoms with Gasteiger partial charge in [-0.1, -0.05) is 34.6 Å². The number of carbonyl (C=O) groups excluding carboxylic acids is 1. The van der Waals surface area contributed by atoms with E-state index in [1.807, 2.05) is 27.7 Å². The van der Waals surface area contributed by atoms with Crippen molar-refractivity contribution in [3.63, 3.8) is 0 Å². The summed E-state index contributed by atoms with van der Waals surface area (Å²) in [6.07, 6.45) is 0. The van der Waals surface area contributed by atoms with Gasteiger partial charge in [-0.2, -0.15) is 0 Å². The third-order valence-electron chi connectivity index (χ3n) is 2.31. The summed E-state index contributed by atoms with van der Waals surface area (Å²) in [5, 5.41) is 8.61. The van der Waals surface area contributed by atoms with Crippen LogP contribution in [0.1, 0.15) is 34.6 Å². The maximum absolute atomic E-state index is 11.0. The van der Waals surface area contributed by atoms with Crippen LogP contribution in [0.3, 0.4) is 0 Å². The normalized spacial score (nSPS) is 15.5. The Hall–Kier alpha value is -0.610. The molecule has 1 N–H and O–H groups in total. The number of aliphatic hydroxyl groups is 1. The molecule has 1 rings (SSSR count). The zero-order valence-electron chi connectivity index (χ0n) is 11.5. The summed E-state index contributed by atoms with van der Waals surface area (Å²) in [7, 11) is 0. The van der Waals surface area contributed by atoms with Crippen LogP contribution in [-0.4, -0.2) is 60.1 Å². The second kappa shape index (κ2) is 12.5. The zero-order chi connectivity index (χ0) is 13.0. The molecule has 98 valence electrons.